The Morgan fingerprint density at radius 3 is 1.61 bits per heavy atom. The summed E-state index contributed by atoms with van der Waals surface area (Å²) in [5.41, 5.74) is -0.351. The van der Waals surface area contributed by atoms with Crippen molar-refractivity contribution >= 4 is 8.32 Å². The quantitative estimate of drug-likeness (QED) is 0.231. The first-order valence-corrected chi connectivity index (χ1v) is 11.7. The van der Waals surface area contributed by atoms with Crippen molar-refractivity contribution in [2.24, 2.45) is 5.41 Å². The molecular weight excluding hydrogens is 296 g/mol. The third-order valence-electron chi connectivity index (χ3n) is 4.51. The molecule has 0 fully saturated rings. The van der Waals surface area contributed by atoms with Crippen LogP contribution >= 0.6 is 0 Å². The van der Waals surface area contributed by atoms with E-state index in [9.17, 15) is 0 Å². The van der Waals surface area contributed by atoms with Gasteiger partial charge in [-0.1, -0.05) is 44.8 Å². The van der Waals surface area contributed by atoms with E-state index >= 15 is 0 Å². The molecule has 0 aromatic carbocycles. The van der Waals surface area contributed by atoms with Crippen molar-refractivity contribution in [3.05, 3.63) is 25.3 Å². The molecule has 0 N–H and O–H groups in total. The maximum absolute atomic E-state index is 6.94. The van der Waals surface area contributed by atoms with Gasteiger partial charge in [0.1, 0.15) is 5.60 Å². The van der Waals surface area contributed by atoms with Crippen LogP contribution in [0.25, 0.3) is 0 Å². The van der Waals surface area contributed by atoms with E-state index in [0.717, 1.165) is 43.8 Å². The smallest absolute Gasteiger partial charge is 0.194 e. The summed E-state index contributed by atoms with van der Waals surface area (Å²) in [6.07, 6.45) is 7.72. The monoisotopic (exact) mass is 334 g/mol. The van der Waals surface area contributed by atoms with Crippen LogP contribution in [-0.2, 0) is 4.43 Å². The summed E-state index contributed by atoms with van der Waals surface area (Å²) < 4.78 is 6.94. The van der Waals surface area contributed by atoms with E-state index in [4.69, 9.17) is 4.43 Å². The first-order valence-electron chi connectivity index (χ1n) is 9.18. The van der Waals surface area contributed by atoms with E-state index in [1.807, 2.05) is 12.2 Å². The molecule has 0 aromatic rings. The van der Waals surface area contributed by atoms with Gasteiger partial charge < -0.3 is 4.43 Å². The Labute approximate surface area is 146 Å². The molecule has 0 atom stereocenters. The van der Waals surface area contributed by atoms with Gasteiger partial charge in [0.25, 0.3) is 0 Å². The van der Waals surface area contributed by atoms with Crippen LogP contribution in [0.15, 0.2) is 25.3 Å². The molecule has 0 saturated heterocycles. The van der Waals surface area contributed by atoms with E-state index in [1.54, 1.807) is 0 Å². The Balaban J connectivity index is 5.79. The Morgan fingerprint density at radius 1 is 0.870 bits per heavy atom. The van der Waals surface area contributed by atoms with Crippen LogP contribution in [-0.4, -0.2) is 13.9 Å². The van der Waals surface area contributed by atoms with Crippen molar-refractivity contribution in [1.82, 2.24) is 0 Å². The Morgan fingerprint density at radius 2 is 1.30 bits per heavy atom. The zero-order valence-electron chi connectivity index (χ0n) is 16.4. The largest absolute Gasteiger partial charge is 0.401 e. The van der Waals surface area contributed by atoms with Gasteiger partial charge in [0, 0.05) is 5.41 Å². The van der Waals surface area contributed by atoms with Crippen LogP contribution < -0.4 is 0 Å². The van der Waals surface area contributed by atoms with Gasteiger partial charge in [-0.25, -0.2) is 0 Å². The van der Waals surface area contributed by atoms with Gasteiger partial charge in [-0.05, 0) is 64.6 Å². The van der Waals surface area contributed by atoms with Crippen LogP contribution in [0.3, 0.4) is 0 Å². The lowest BCUT2D eigenvalue weighted by molar-refractivity contribution is 0.0983. The summed E-state index contributed by atoms with van der Waals surface area (Å²) >= 11 is 0. The number of hydrogen-bond donors (Lipinski definition) is 0. The Bertz CT molecular complexity index is 395. The van der Waals surface area contributed by atoms with Crippen LogP contribution in [0.1, 0.15) is 67.2 Å². The molecular formula is C21H38OSi. The molecule has 0 aliphatic carbocycles. The average molecular weight is 335 g/mol. The zero-order chi connectivity index (χ0) is 18.0. The summed E-state index contributed by atoms with van der Waals surface area (Å²) in [6, 6.07) is 3.46. The van der Waals surface area contributed by atoms with Gasteiger partial charge in [0.2, 0.25) is 0 Å². The highest BCUT2D eigenvalue weighted by Gasteiger charge is 2.39. The fourth-order valence-corrected chi connectivity index (χ4v) is 5.75. The molecule has 1 nitrogen and oxygen atoms in total. The van der Waals surface area contributed by atoms with E-state index in [2.05, 4.69) is 66.5 Å². The Hall–Kier alpha value is -0.783. The van der Waals surface area contributed by atoms with Crippen molar-refractivity contribution in [2.45, 2.75) is 91.0 Å². The molecule has 0 unspecified atom stereocenters. The summed E-state index contributed by atoms with van der Waals surface area (Å²) in [5, 5.41) is 0. The van der Waals surface area contributed by atoms with Gasteiger partial charge in [-0.2, -0.15) is 0 Å². The summed E-state index contributed by atoms with van der Waals surface area (Å²) in [6.45, 7) is 21.1. The summed E-state index contributed by atoms with van der Waals surface area (Å²) in [7, 11) is -1.72. The fourth-order valence-electron chi connectivity index (χ4n) is 2.73. The lowest BCUT2D eigenvalue weighted by Crippen LogP contribution is -2.47. The first-order chi connectivity index (χ1) is 10.7. The molecule has 0 aromatic heterocycles. The van der Waals surface area contributed by atoms with Gasteiger partial charge in [0.15, 0.2) is 8.32 Å². The van der Waals surface area contributed by atoms with Crippen LogP contribution in [0, 0.1) is 17.3 Å². The van der Waals surface area contributed by atoms with Crippen molar-refractivity contribution in [2.75, 3.05) is 0 Å². The highest BCUT2D eigenvalue weighted by molar-refractivity contribution is 6.73. The molecule has 0 saturated carbocycles. The number of hydrogen-bond acceptors (Lipinski definition) is 1. The summed E-state index contributed by atoms with van der Waals surface area (Å²) in [4.78, 5) is 0. The molecule has 0 aliphatic rings. The minimum absolute atomic E-state index is 0.00811. The molecule has 2 heteroatoms. The maximum Gasteiger partial charge on any atom is 0.194 e. The standard InChI is InChI=1S/C21H38OSi/c1-9-14-16-21(17-15-10-2,19-18-20(6,7)8)22-23(11-3,12-4)13-5/h9-10H,1-2,11-17H2,3-8H3. The van der Waals surface area contributed by atoms with E-state index in [-0.39, 0.29) is 11.0 Å². The lowest BCUT2D eigenvalue weighted by atomic mass is 9.89. The predicted octanol–water partition coefficient (Wildman–Crippen LogP) is 6.73. The topological polar surface area (TPSA) is 9.23 Å². The van der Waals surface area contributed by atoms with Crippen LogP contribution in [0.4, 0.5) is 0 Å². The second-order valence-corrected chi connectivity index (χ2v) is 12.2. The van der Waals surface area contributed by atoms with Crippen LogP contribution in [0.5, 0.6) is 0 Å². The third-order valence-corrected chi connectivity index (χ3v) is 9.20. The van der Waals surface area contributed by atoms with Crippen LogP contribution in [0.2, 0.25) is 18.1 Å². The second kappa shape index (κ2) is 10.2. The van der Waals surface area contributed by atoms with Crippen molar-refractivity contribution in [1.29, 1.82) is 0 Å². The fraction of sp³-hybridized carbons (Fsp3) is 0.714. The third kappa shape index (κ3) is 8.04. The maximum atomic E-state index is 6.94. The molecule has 132 valence electrons. The zero-order valence-corrected chi connectivity index (χ0v) is 17.4. The van der Waals surface area contributed by atoms with Gasteiger partial charge >= 0.3 is 0 Å². The first kappa shape index (κ1) is 22.2. The minimum atomic E-state index is -1.72. The van der Waals surface area contributed by atoms with E-state index in [0.29, 0.717) is 0 Å². The lowest BCUT2D eigenvalue weighted by Gasteiger charge is -2.40. The van der Waals surface area contributed by atoms with Crippen molar-refractivity contribution < 1.29 is 4.43 Å². The number of allylic oxidation sites excluding steroid dienone is 2. The average Bonchev–Trinajstić information content (AvgIpc) is 2.53. The van der Waals surface area contributed by atoms with E-state index < -0.39 is 8.32 Å². The molecule has 0 aliphatic heterocycles. The van der Waals surface area contributed by atoms with Gasteiger partial charge in [-0.3, -0.25) is 0 Å². The van der Waals surface area contributed by atoms with Crippen molar-refractivity contribution in [3.8, 4) is 11.8 Å². The number of rotatable bonds is 11. The molecule has 0 amide bonds. The molecule has 23 heavy (non-hydrogen) atoms. The molecule has 0 radical (unpaired) electrons. The highest BCUT2D eigenvalue weighted by Crippen LogP contribution is 2.34. The predicted molar refractivity (Wildman–Crippen MR) is 107 cm³/mol. The highest BCUT2D eigenvalue weighted by atomic mass is 28.4. The normalized spacial score (nSPS) is 12.4. The van der Waals surface area contributed by atoms with Gasteiger partial charge in [-0.15, -0.1) is 13.2 Å². The minimum Gasteiger partial charge on any atom is -0.401 e. The molecule has 0 bridgehead atoms. The Kier molecular flexibility index (Phi) is 9.81. The van der Waals surface area contributed by atoms with Crippen molar-refractivity contribution in [3.63, 3.8) is 0 Å². The van der Waals surface area contributed by atoms with E-state index in [1.165, 1.54) is 0 Å². The molecule has 0 rings (SSSR count). The second-order valence-electron chi connectivity index (χ2n) is 7.49. The molecule has 0 heterocycles. The van der Waals surface area contributed by atoms with Gasteiger partial charge in [0.05, 0.1) is 0 Å². The SMILES string of the molecule is C=CCCC(C#CC(C)(C)C)(CCC=C)O[Si](CC)(CC)CC. The summed E-state index contributed by atoms with van der Waals surface area (Å²) in [5.74, 6) is 7.02. The molecule has 0 spiro atoms.